The second-order valence-corrected chi connectivity index (χ2v) is 3.55. The lowest BCUT2D eigenvalue weighted by atomic mass is 9.98. The molecule has 0 saturated heterocycles. The number of benzene rings is 2. The van der Waals surface area contributed by atoms with Crippen molar-refractivity contribution in [1.29, 1.82) is 0 Å². The number of hydrogen-bond donors (Lipinski definition) is 0. The van der Waals surface area contributed by atoms with Crippen LogP contribution < -0.4 is 0 Å². The average Bonchev–Trinajstić information content (AvgIpc) is 2.38. The summed E-state index contributed by atoms with van der Waals surface area (Å²) in [4.78, 5) is 0. The van der Waals surface area contributed by atoms with Crippen molar-refractivity contribution in [3.05, 3.63) is 90.5 Å². The highest BCUT2D eigenvalue weighted by Gasteiger charge is 2.01. The van der Waals surface area contributed by atoms with E-state index in [4.69, 9.17) is 0 Å². The molecule has 0 amide bonds. The molecular weight excluding hydrogens is 192 g/mol. The van der Waals surface area contributed by atoms with Crippen molar-refractivity contribution in [3.8, 4) is 0 Å². The molecule has 0 aliphatic carbocycles. The number of rotatable bonds is 3. The third-order valence-electron chi connectivity index (χ3n) is 2.45. The summed E-state index contributed by atoms with van der Waals surface area (Å²) in [5, 5.41) is 0. The van der Waals surface area contributed by atoms with Crippen molar-refractivity contribution in [3.63, 3.8) is 0 Å². The van der Waals surface area contributed by atoms with Crippen molar-refractivity contribution >= 4 is 5.57 Å². The van der Waals surface area contributed by atoms with Crippen LogP contribution in [0.4, 0.5) is 0 Å². The first-order chi connectivity index (χ1) is 7.92. The molecule has 0 fully saturated rings. The fourth-order valence-corrected chi connectivity index (χ4v) is 1.71. The summed E-state index contributed by atoms with van der Waals surface area (Å²) in [5.41, 5.74) is 3.64. The predicted molar refractivity (Wildman–Crippen MR) is 70.2 cm³/mol. The Hall–Kier alpha value is -2.08. The van der Waals surface area contributed by atoms with Crippen LogP contribution in [0.5, 0.6) is 0 Å². The Balaban J connectivity index is 2.48. The van der Waals surface area contributed by atoms with Crippen LogP contribution in [0.3, 0.4) is 0 Å². The van der Waals surface area contributed by atoms with Gasteiger partial charge >= 0.3 is 0 Å². The van der Waals surface area contributed by atoms with Crippen molar-refractivity contribution in [2.75, 3.05) is 0 Å². The van der Waals surface area contributed by atoms with E-state index in [1.54, 1.807) is 0 Å². The second kappa shape index (κ2) is 5.13. The van der Waals surface area contributed by atoms with Gasteiger partial charge in [-0.05, 0) is 16.7 Å². The van der Waals surface area contributed by atoms with E-state index < -0.39 is 0 Å². The summed E-state index contributed by atoms with van der Waals surface area (Å²) in [5.74, 6) is 0. The zero-order chi connectivity index (χ0) is 11.2. The van der Waals surface area contributed by atoms with Gasteiger partial charge in [-0.3, -0.25) is 0 Å². The van der Waals surface area contributed by atoms with Crippen LogP contribution in [-0.2, 0) is 0 Å². The van der Waals surface area contributed by atoms with Crippen LogP contribution in [-0.4, -0.2) is 0 Å². The molecule has 0 spiro atoms. The molecule has 0 unspecified atom stereocenters. The van der Waals surface area contributed by atoms with Gasteiger partial charge in [-0.1, -0.05) is 79.4 Å². The largest absolute Gasteiger partial charge is 0.0990 e. The minimum Gasteiger partial charge on any atom is -0.0990 e. The van der Waals surface area contributed by atoms with E-state index >= 15 is 0 Å². The maximum atomic E-state index is 3.78. The summed E-state index contributed by atoms with van der Waals surface area (Å²) in [6, 6.07) is 20.7. The minimum absolute atomic E-state index is 1.20. The molecule has 0 bridgehead atoms. The second-order valence-electron chi connectivity index (χ2n) is 3.55. The van der Waals surface area contributed by atoms with Crippen LogP contribution >= 0.6 is 0 Å². The molecule has 0 heteroatoms. The highest BCUT2D eigenvalue weighted by molar-refractivity contribution is 5.80. The van der Waals surface area contributed by atoms with E-state index in [0.29, 0.717) is 0 Å². The van der Waals surface area contributed by atoms with Crippen molar-refractivity contribution in [2.45, 2.75) is 0 Å². The van der Waals surface area contributed by atoms with Gasteiger partial charge in [0.15, 0.2) is 0 Å². The van der Waals surface area contributed by atoms with Crippen molar-refractivity contribution in [1.82, 2.24) is 0 Å². The quantitative estimate of drug-likeness (QED) is 0.657. The normalized spacial score (nSPS) is 9.50. The maximum Gasteiger partial charge on any atom is -0.0112 e. The van der Waals surface area contributed by atoms with Crippen LogP contribution in [0.1, 0.15) is 11.1 Å². The first-order valence-electron chi connectivity index (χ1n) is 5.35. The molecule has 0 atom stereocenters. The Labute approximate surface area is 96.6 Å². The monoisotopic (exact) mass is 206 g/mol. The standard InChI is InChI=1S/C16H14/c1-2-9-16(14-10-5-3-6-11-14)15-12-7-4-8-13-15/h2-13H,1H2. The summed E-state index contributed by atoms with van der Waals surface area (Å²) < 4.78 is 0. The first kappa shape index (κ1) is 10.4. The fraction of sp³-hybridized carbons (Fsp3) is 0. The SMILES string of the molecule is C=CC=C(c1ccccc1)c1ccccc1. The van der Waals surface area contributed by atoms with Gasteiger partial charge in [0, 0.05) is 0 Å². The molecule has 2 rings (SSSR count). The van der Waals surface area contributed by atoms with Crippen molar-refractivity contribution in [2.24, 2.45) is 0 Å². The van der Waals surface area contributed by atoms with E-state index in [1.165, 1.54) is 16.7 Å². The van der Waals surface area contributed by atoms with E-state index in [1.807, 2.05) is 24.3 Å². The zero-order valence-electron chi connectivity index (χ0n) is 9.14. The molecular formula is C16H14. The Morgan fingerprint density at radius 1 is 0.750 bits per heavy atom. The molecule has 0 N–H and O–H groups in total. The summed E-state index contributed by atoms with van der Waals surface area (Å²) in [6.45, 7) is 3.78. The summed E-state index contributed by atoms with van der Waals surface area (Å²) >= 11 is 0. The number of hydrogen-bond acceptors (Lipinski definition) is 0. The van der Waals surface area contributed by atoms with Gasteiger partial charge in [0.2, 0.25) is 0 Å². The molecule has 0 nitrogen and oxygen atoms in total. The minimum atomic E-state index is 1.20. The average molecular weight is 206 g/mol. The third kappa shape index (κ3) is 2.29. The Morgan fingerprint density at radius 2 is 1.19 bits per heavy atom. The topological polar surface area (TPSA) is 0 Å². The van der Waals surface area contributed by atoms with Gasteiger partial charge < -0.3 is 0 Å². The van der Waals surface area contributed by atoms with E-state index in [0.717, 1.165) is 0 Å². The molecule has 0 saturated carbocycles. The molecule has 2 aromatic carbocycles. The Morgan fingerprint density at radius 3 is 1.56 bits per heavy atom. The molecule has 0 heterocycles. The molecule has 78 valence electrons. The predicted octanol–water partition coefficient (Wildman–Crippen LogP) is 4.30. The third-order valence-corrected chi connectivity index (χ3v) is 2.45. The molecule has 0 radical (unpaired) electrons. The fourth-order valence-electron chi connectivity index (χ4n) is 1.71. The molecule has 2 aromatic rings. The van der Waals surface area contributed by atoms with Gasteiger partial charge in [0.1, 0.15) is 0 Å². The lowest BCUT2D eigenvalue weighted by molar-refractivity contribution is 1.55. The lowest BCUT2D eigenvalue weighted by Gasteiger charge is -2.07. The van der Waals surface area contributed by atoms with Gasteiger partial charge in [-0.25, -0.2) is 0 Å². The van der Waals surface area contributed by atoms with E-state index in [9.17, 15) is 0 Å². The first-order valence-corrected chi connectivity index (χ1v) is 5.35. The molecule has 16 heavy (non-hydrogen) atoms. The zero-order valence-corrected chi connectivity index (χ0v) is 9.14. The van der Waals surface area contributed by atoms with E-state index in [2.05, 4.69) is 55.1 Å². The Bertz CT molecular complexity index is 436. The maximum absolute atomic E-state index is 3.78. The molecule has 0 aliphatic heterocycles. The molecule has 0 aromatic heterocycles. The highest BCUT2D eigenvalue weighted by Crippen LogP contribution is 2.22. The van der Waals surface area contributed by atoms with Crippen LogP contribution in [0.15, 0.2) is 79.4 Å². The van der Waals surface area contributed by atoms with Crippen LogP contribution in [0.25, 0.3) is 5.57 Å². The smallest absolute Gasteiger partial charge is 0.0112 e. The summed E-state index contributed by atoms with van der Waals surface area (Å²) in [7, 11) is 0. The lowest BCUT2D eigenvalue weighted by Crippen LogP contribution is -1.86. The van der Waals surface area contributed by atoms with Gasteiger partial charge in [-0.15, -0.1) is 0 Å². The van der Waals surface area contributed by atoms with Gasteiger partial charge in [0.25, 0.3) is 0 Å². The number of allylic oxidation sites excluding steroid dienone is 2. The van der Waals surface area contributed by atoms with Gasteiger partial charge in [0.05, 0.1) is 0 Å². The van der Waals surface area contributed by atoms with E-state index in [-0.39, 0.29) is 0 Å². The molecule has 0 aliphatic rings. The highest BCUT2D eigenvalue weighted by atomic mass is 14.1. The van der Waals surface area contributed by atoms with Crippen LogP contribution in [0, 0.1) is 0 Å². The van der Waals surface area contributed by atoms with Crippen molar-refractivity contribution < 1.29 is 0 Å². The summed E-state index contributed by atoms with van der Waals surface area (Å²) in [6.07, 6.45) is 3.88. The van der Waals surface area contributed by atoms with Crippen LogP contribution in [0.2, 0.25) is 0 Å². The Kier molecular flexibility index (Phi) is 3.35. The van der Waals surface area contributed by atoms with Gasteiger partial charge in [-0.2, -0.15) is 0 Å².